The highest BCUT2D eigenvalue weighted by Crippen LogP contribution is 2.43. The average Bonchev–Trinajstić information content (AvgIpc) is 3.60. The van der Waals surface area contributed by atoms with Gasteiger partial charge in [-0.25, -0.2) is 4.79 Å². The molecular weight excluding hydrogens is 629 g/mol. The van der Waals surface area contributed by atoms with E-state index >= 15 is 0 Å². The van der Waals surface area contributed by atoms with Crippen molar-refractivity contribution in [3.63, 3.8) is 0 Å². The largest absolute Gasteiger partial charge is 0.508 e. The van der Waals surface area contributed by atoms with E-state index in [4.69, 9.17) is 9.47 Å². The number of urea groups is 1. The van der Waals surface area contributed by atoms with E-state index < -0.39 is 6.29 Å². The lowest BCUT2D eigenvalue weighted by Crippen LogP contribution is -2.38. The molecule has 1 saturated heterocycles. The minimum atomic E-state index is -0.633. The van der Waals surface area contributed by atoms with Gasteiger partial charge in [-0.05, 0) is 69.4 Å². The van der Waals surface area contributed by atoms with Gasteiger partial charge >= 0.3 is 6.03 Å². The molecule has 1 aliphatic rings. The van der Waals surface area contributed by atoms with Crippen LogP contribution in [-0.2, 0) is 22.6 Å². The molecule has 4 aromatic carbocycles. The van der Waals surface area contributed by atoms with Crippen LogP contribution >= 0.6 is 11.8 Å². The lowest BCUT2D eigenvalue weighted by molar-refractivity contribution is -0.268. The molecule has 5 aromatic rings. The van der Waals surface area contributed by atoms with E-state index in [1.165, 1.54) is 11.8 Å². The quantitative estimate of drug-likeness (QED) is 0.126. The number of nitrogens with one attached hydrogen (secondary N) is 2. The molecule has 0 aliphatic carbocycles. The van der Waals surface area contributed by atoms with E-state index in [-0.39, 0.29) is 36.5 Å². The van der Waals surface area contributed by atoms with Crippen molar-refractivity contribution in [1.29, 1.82) is 0 Å². The predicted octanol–water partition coefficient (Wildman–Crippen LogP) is 5.93. The zero-order chi connectivity index (χ0) is 33.5. The standard InChI is InChI=1S/C36H38N6O5S/c1-3-37-35(45)38-20-28-6-4-5-7-31(28)25-12-14-27(15-13-25)34-46-32(23(2)33(47-34)26-10-8-24(21-43)9-11-26)22-48-36-39-40-41-42(36)29-16-18-30(44)19-17-29/h4-19,23,32-34,43-44H,3,20-22H2,1-2H3,(H2,37,38,45)/t23-,32+,33+,34+/m1/s1. The first kappa shape index (κ1) is 33.2. The number of phenols is 1. The number of tetrazole rings is 1. The summed E-state index contributed by atoms with van der Waals surface area (Å²) in [7, 11) is 0. The number of aliphatic hydroxyl groups excluding tert-OH is 1. The first-order chi connectivity index (χ1) is 23.4. The van der Waals surface area contributed by atoms with Gasteiger partial charge in [0.15, 0.2) is 6.29 Å². The third kappa shape index (κ3) is 7.69. The van der Waals surface area contributed by atoms with Gasteiger partial charge in [0.1, 0.15) is 5.75 Å². The predicted molar refractivity (Wildman–Crippen MR) is 182 cm³/mol. The van der Waals surface area contributed by atoms with Crippen LogP contribution in [0.25, 0.3) is 16.8 Å². The maximum atomic E-state index is 12.0. The summed E-state index contributed by atoms with van der Waals surface area (Å²) in [6.45, 7) is 4.94. The van der Waals surface area contributed by atoms with Crippen LogP contribution in [0.3, 0.4) is 0 Å². The van der Waals surface area contributed by atoms with Crippen molar-refractivity contribution in [2.75, 3.05) is 12.3 Å². The Bertz CT molecular complexity index is 1800. The molecule has 12 heteroatoms. The summed E-state index contributed by atoms with van der Waals surface area (Å²) in [6, 6.07) is 30.5. The van der Waals surface area contributed by atoms with Gasteiger partial charge in [-0.3, -0.25) is 0 Å². The molecule has 2 amide bonds. The fraction of sp³-hybridized carbons (Fsp3) is 0.278. The number of aromatic nitrogens is 4. The Hall–Kier alpha value is -4.75. The van der Waals surface area contributed by atoms with Crippen molar-refractivity contribution in [3.8, 4) is 22.6 Å². The normalized spacial score (nSPS) is 19.1. The molecule has 0 saturated carbocycles. The molecule has 0 spiro atoms. The minimum absolute atomic E-state index is 0.0183. The maximum Gasteiger partial charge on any atom is 0.315 e. The second kappa shape index (κ2) is 15.4. The van der Waals surface area contributed by atoms with Crippen molar-refractivity contribution < 1.29 is 24.5 Å². The van der Waals surface area contributed by atoms with Crippen LogP contribution in [0.1, 0.15) is 48.5 Å². The van der Waals surface area contributed by atoms with Gasteiger partial charge in [0.05, 0.1) is 24.5 Å². The molecule has 4 atom stereocenters. The molecule has 0 bridgehead atoms. The first-order valence-electron chi connectivity index (χ1n) is 15.8. The highest BCUT2D eigenvalue weighted by Gasteiger charge is 2.38. The van der Waals surface area contributed by atoms with E-state index in [2.05, 4.69) is 33.1 Å². The fourth-order valence-electron chi connectivity index (χ4n) is 5.67. The number of aliphatic hydroxyl groups is 1. The smallest absolute Gasteiger partial charge is 0.315 e. The monoisotopic (exact) mass is 666 g/mol. The highest BCUT2D eigenvalue weighted by atomic mass is 32.2. The number of hydrogen-bond acceptors (Lipinski definition) is 9. The number of rotatable bonds is 11. The Labute approximate surface area is 283 Å². The van der Waals surface area contributed by atoms with E-state index in [9.17, 15) is 15.0 Å². The maximum absolute atomic E-state index is 12.0. The Kier molecular flexibility index (Phi) is 10.7. The molecule has 248 valence electrons. The van der Waals surface area contributed by atoms with Gasteiger partial charge in [-0.2, -0.15) is 4.68 Å². The Morgan fingerprint density at radius 1 is 0.917 bits per heavy atom. The molecule has 1 fully saturated rings. The van der Waals surface area contributed by atoms with E-state index in [1.54, 1.807) is 28.9 Å². The third-order valence-electron chi connectivity index (χ3n) is 8.32. The van der Waals surface area contributed by atoms with Crippen LogP contribution < -0.4 is 10.6 Å². The van der Waals surface area contributed by atoms with Crippen molar-refractivity contribution >= 4 is 17.8 Å². The molecule has 0 unspecified atom stereocenters. The number of aromatic hydroxyl groups is 1. The minimum Gasteiger partial charge on any atom is -0.508 e. The summed E-state index contributed by atoms with van der Waals surface area (Å²) in [6.07, 6.45) is -1.12. The molecule has 4 N–H and O–H groups in total. The van der Waals surface area contributed by atoms with Crippen molar-refractivity contribution in [1.82, 2.24) is 30.8 Å². The first-order valence-corrected chi connectivity index (χ1v) is 16.8. The van der Waals surface area contributed by atoms with Crippen LogP contribution in [0.15, 0.2) is 102 Å². The Morgan fingerprint density at radius 2 is 1.65 bits per heavy atom. The van der Waals surface area contributed by atoms with Gasteiger partial charge in [-0.1, -0.05) is 91.5 Å². The number of thioether (sulfide) groups is 1. The van der Waals surface area contributed by atoms with Gasteiger partial charge in [0.2, 0.25) is 5.16 Å². The molecule has 2 heterocycles. The molecule has 11 nitrogen and oxygen atoms in total. The van der Waals surface area contributed by atoms with E-state index in [0.29, 0.717) is 24.0 Å². The number of ether oxygens (including phenoxy) is 2. The van der Waals surface area contributed by atoms with Crippen LogP contribution in [0, 0.1) is 5.92 Å². The lowest BCUT2D eigenvalue weighted by Gasteiger charge is -2.41. The number of carbonyl (C=O) groups excluding carboxylic acids is 1. The molecule has 48 heavy (non-hydrogen) atoms. The van der Waals surface area contributed by atoms with Crippen LogP contribution in [-0.4, -0.2) is 54.9 Å². The lowest BCUT2D eigenvalue weighted by atomic mass is 9.91. The van der Waals surface area contributed by atoms with Gasteiger partial charge in [0, 0.05) is 30.3 Å². The molecule has 1 aliphatic heterocycles. The van der Waals surface area contributed by atoms with Gasteiger partial charge < -0.3 is 30.3 Å². The number of hydrogen-bond donors (Lipinski definition) is 4. The van der Waals surface area contributed by atoms with Gasteiger partial charge in [-0.15, -0.1) is 5.10 Å². The van der Waals surface area contributed by atoms with Crippen molar-refractivity contribution in [3.05, 3.63) is 119 Å². The van der Waals surface area contributed by atoms with Crippen molar-refractivity contribution in [2.45, 2.75) is 50.7 Å². The molecule has 1 aromatic heterocycles. The zero-order valence-electron chi connectivity index (χ0n) is 26.7. The summed E-state index contributed by atoms with van der Waals surface area (Å²) in [5.41, 5.74) is 6.51. The van der Waals surface area contributed by atoms with Crippen LogP contribution in [0.4, 0.5) is 4.79 Å². The summed E-state index contributed by atoms with van der Waals surface area (Å²) in [5.74, 6) is 0.713. The molecule has 6 rings (SSSR count). The highest BCUT2D eigenvalue weighted by molar-refractivity contribution is 7.99. The van der Waals surface area contributed by atoms with E-state index in [1.807, 2.05) is 79.7 Å². The number of amides is 2. The summed E-state index contributed by atoms with van der Waals surface area (Å²) in [5, 5.41) is 37.9. The number of benzene rings is 4. The summed E-state index contributed by atoms with van der Waals surface area (Å²) < 4.78 is 14.9. The average molecular weight is 667 g/mol. The molecular formula is C36H38N6O5S. The van der Waals surface area contributed by atoms with Gasteiger partial charge in [0.25, 0.3) is 0 Å². The SMILES string of the molecule is CCNC(=O)NCc1ccccc1-c1ccc([C@H]2O[C@@H](CSc3nnnn3-c3ccc(O)cc3)[C@@H](C)[C@@H](c3ccc(CO)cc3)O2)cc1. The van der Waals surface area contributed by atoms with Crippen LogP contribution in [0.2, 0.25) is 0 Å². The summed E-state index contributed by atoms with van der Waals surface area (Å²) >= 11 is 1.49. The Balaban J connectivity index is 1.23. The second-order valence-corrected chi connectivity index (χ2v) is 12.5. The zero-order valence-corrected chi connectivity index (χ0v) is 27.5. The molecule has 0 radical (unpaired) electrons. The second-order valence-electron chi connectivity index (χ2n) is 11.5. The van der Waals surface area contributed by atoms with E-state index in [0.717, 1.165) is 39.1 Å². The Morgan fingerprint density at radius 3 is 2.38 bits per heavy atom. The fourth-order valence-corrected chi connectivity index (χ4v) is 6.72. The number of nitrogens with zero attached hydrogens (tertiary/aromatic N) is 4. The topological polar surface area (TPSA) is 144 Å². The number of phenolic OH excluding ortho intramolecular Hbond substituents is 1. The number of carbonyl (C=O) groups is 1. The van der Waals surface area contributed by atoms with Crippen LogP contribution in [0.5, 0.6) is 5.75 Å². The third-order valence-corrected chi connectivity index (χ3v) is 9.33. The van der Waals surface area contributed by atoms with Crippen molar-refractivity contribution in [2.24, 2.45) is 5.92 Å². The summed E-state index contributed by atoms with van der Waals surface area (Å²) in [4.78, 5) is 12.0.